The number of halogens is 2. The lowest BCUT2D eigenvalue weighted by Gasteiger charge is -2.18. The van der Waals surface area contributed by atoms with Gasteiger partial charge in [-0.1, -0.05) is 43.0 Å². The van der Waals surface area contributed by atoms with Crippen molar-refractivity contribution >= 4 is 46.6 Å². The Balaban J connectivity index is 1.96. The second-order valence-corrected chi connectivity index (χ2v) is 6.66. The average molecular weight is 351 g/mol. The van der Waals surface area contributed by atoms with Gasteiger partial charge in [0.1, 0.15) is 9.36 Å². The van der Waals surface area contributed by atoms with Crippen LogP contribution in [-0.2, 0) is 9.53 Å². The topological polar surface area (TPSA) is 68.3 Å². The minimum absolute atomic E-state index is 0.0428. The molecule has 1 heterocycles. The van der Waals surface area contributed by atoms with Gasteiger partial charge >= 0.3 is 5.97 Å². The number of aromatic nitrogens is 1. The molecule has 0 unspecified atom stereocenters. The summed E-state index contributed by atoms with van der Waals surface area (Å²) in [5.74, 6) is -0.994. The molecule has 1 atom stereocenters. The molecule has 0 bridgehead atoms. The van der Waals surface area contributed by atoms with Crippen LogP contribution in [0.4, 0.5) is 0 Å². The van der Waals surface area contributed by atoms with Gasteiger partial charge < -0.3 is 10.1 Å². The maximum atomic E-state index is 12.1. The molecule has 1 amide bonds. The van der Waals surface area contributed by atoms with Crippen molar-refractivity contribution < 1.29 is 14.3 Å². The third-order valence-corrected chi connectivity index (χ3v) is 5.02. The first-order chi connectivity index (χ1) is 10.0. The highest BCUT2D eigenvalue weighted by Crippen LogP contribution is 2.30. The molecule has 0 aliphatic heterocycles. The summed E-state index contributed by atoms with van der Waals surface area (Å²) in [7, 11) is 0. The normalized spacial score (nSPS) is 16.7. The molecule has 1 fully saturated rings. The molecule has 116 valence electrons. The van der Waals surface area contributed by atoms with Crippen molar-refractivity contribution in [2.24, 2.45) is 0 Å². The fraction of sp³-hybridized carbons (Fsp3) is 0.615. The van der Waals surface area contributed by atoms with Gasteiger partial charge in [-0.3, -0.25) is 4.79 Å². The van der Waals surface area contributed by atoms with Crippen LogP contribution in [0.25, 0.3) is 0 Å². The molecular weight excluding hydrogens is 335 g/mol. The van der Waals surface area contributed by atoms with Crippen molar-refractivity contribution in [3.63, 3.8) is 0 Å². The van der Waals surface area contributed by atoms with E-state index < -0.39 is 12.1 Å². The average Bonchev–Trinajstić information content (AvgIpc) is 3.07. The fourth-order valence-electron chi connectivity index (χ4n) is 2.26. The SMILES string of the molecule is CC[C@@H](OC(=O)c1nsc(Cl)c1Cl)C(=O)NC1CCCC1. The van der Waals surface area contributed by atoms with Gasteiger partial charge in [0.25, 0.3) is 5.91 Å². The number of rotatable bonds is 5. The summed E-state index contributed by atoms with van der Waals surface area (Å²) in [6, 6.07) is 0.183. The van der Waals surface area contributed by atoms with E-state index in [2.05, 4.69) is 9.69 Å². The number of amides is 1. The number of nitrogens with zero attached hydrogens (tertiary/aromatic N) is 1. The predicted molar refractivity (Wildman–Crippen MR) is 82.0 cm³/mol. The smallest absolute Gasteiger partial charge is 0.360 e. The number of hydrogen-bond acceptors (Lipinski definition) is 5. The van der Waals surface area contributed by atoms with Crippen LogP contribution < -0.4 is 5.32 Å². The highest BCUT2D eigenvalue weighted by Gasteiger charge is 2.28. The standard InChI is InChI=1S/C13H16Cl2N2O3S/c1-2-8(12(18)16-7-5-3-4-6-7)20-13(19)10-9(14)11(15)21-17-10/h7-8H,2-6H2,1H3,(H,16,18)/t8-/m1/s1. The Morgan fingerprint density at radius 2 is 2.10 bits per heavy atom. The molecule has 1 aromatic rings. The minimum atomic E-state index is -0.838. The number of esters is 1. The van der Waals surface area contributed by atoms with Gasteiger partial charge in [0.2, 0.25) is 0 Å². The van der Waals surface area contributed by atoms with Crippen molar-refractivity contribution in [3.05, 3.63) is 15.1 Å². The molecule has 0 spiro atoms. The summed E-state index contributed by atoms with van der Waals surface area (Å²) in [6.45, 7) is 1.78. The van der Waals surface area contributed by atoms with Crippen LogP contribution in [-0.4, -0.2) is 28.4 Å². The van der Waals surface area contributed by atoms with Crippen molar-refractivity contribution in [1.82, 2.24) is 9.69 Å². The zero-order chi connectivity index (χ0) is 15.4. The van der Waals surface area contributed by atoms with E-state index in [4.69, 9.17) is 27.9 Å². The third kappa shape index (κ3) is 4.08. The summed E-state index contributed by atoms with van der Waals surface area (Å²) >= 11 is 12.5. The Morgan fingerprint density at radius 1 is 1.43 bits per heavy atom. The second-order valence-electron chi connectivity index (χ2n) is 4.91. The van der Waals surface area contributed by atoms with Crippen LogP contribution in [0.3, 0.4) is 0 Å². The molecule has 8 heteroatoms. The van der Waals surface area contributed by atoms with E-state index in [9.17, 15) is 9.59 Å². The number of carbonyl (C=O) groups is 2. The number of hydrogen-bond donors (Lipinski definition) is 1. The van der Waals surface area contributed by atoms with Gasteiger partial charge in [0, 0.05) is 6.04 Å². The van der Waals surface area contributed by atoms with Crippen LogP contribution in [0.15, 0.2) is 0 Å². The first-order valence-corrected chi connectivity index (χ1v) is 8.37. The Kier molecular flexibility index (Phi) is 5.84. The molecule has 0 radical (unpaired) electrons. The lowest BCUT2D eigenvalue weighted by Crippen LogP contribution is -2.42. The van der Waals surface area contributed by atoms with E-state index in [0.717, 1.165) is 37.2 Å². The molecular formula is C13H16Cl2N2O3S. The van der Waals surface area contributed by atoms with Crippen LogP contribution in [0.5, 0.6) is 0 Å². The highest BCUT2D eigenvalue weighted by molar-refractivity contribution is 7.11. The summed E-state index contributed by atoms with van der Waals surface area (Å²) in [5.41, 5.74) is -0.0428. The predicted octanol–water partition coefficient (Wildman–Crippen LogP) is 3.44. The summed E-state index contributed by atoms with van der Waals surface area (Å²) in [4.78, 5) is 24.1. The molecule has 0 aromatic carbocycles. The number of nitrogens with one attached hydrogen (secondary N) is 1. The molecule has 2 rings (SSSR count). The second kappa shape index (κ2) is 7.42. The van der Waals surface area contributed by atoms with Crippen molar-refractivity contribution in [3.8, 4) is 0 Å². The Labute approximate surface area is 137 Å². The monoisotopic (exact) mass is 350 g/mol. The van der Waals surface area contributed by atoms with Crippen LogP contribution in [0, 0.1) is 0 Å². The van der Waals surface area contributed by atoms with Crippen LogP contribution in [0.1, 0.15) is 49.5 Å². The molecule has 1 aliphatic carbocycles. The molecule has 1 N–H and O–H groups in total. The van der Waals surface area contributed by atoms with E-state index in [-0.39, 0.29) is 27.0 Å². The van der Waals surface area contributed by atoms with Gasteiger partial charge in [-0.25, -0.2) is 4.79 Å². The Hall–Kier alpha value is -0.850. The van der Waals surface area contributed by atoms with E-state index in [1.54, 1.807) is 6.92 Å². The van der Waals surface area contributed by atoms with E-state index in [1.165, 1.54) is 0 Å². The van der Waals surface area contributed by atoms with Crippen molar-refractivity contribution in [1.29, 1.82) is 0 Å². The van der Waals surface area contributed by atoms with Crippen LogP contribution >= 0.6 is 34.7 Å². The minimum Gasteiger partial charge on any atom is -0.447 e. The Morgan fingerprint density at radius 3 is 2.62 bits per heavy atom. The molecule has 1 aromatic heterocycles. The number of carbonyl (C=O) groups excluding carboxylic acids is 2. The van der Waals surface area contributed by atoms with Gasteiger partial charge in [0.05, 0.1) is 0 Å². The van der Waals surface area contributed by atoms with Crippen LogP contribution in [0.2, 0.25) is 9.36 Å². The van der Waals surface area contributed by atoms with E-state index in [0.29, 0.717) is 6.42 Å². The number of ether oxygens (including phenoxy) is 1. The summed E-state index contributed by atoms with van der Waals surface area (Å²) in [5, 5.41) is 2.98. The largest absolute Gasteiger partial charge is 0.447 e. The zero-order valence-corrected chi connectivity index (χ0v) is 13.9. The maximum absolute atomic E-state index is 12.1. The van der Waals surface area contributed by atoms with Gasteiger partial charge in [0.15, 0.2) is 11.8 Å². The first-order valence-electron chi connectivity index (χ1n) is 6.85. The molecule has 5 nitrogen and oxygen atoms in total. The lowest BCUT2D eigenvalue weighted by atomic mass is 10.2. The van der Waals surface area contributed by atoms with E-state index in [1.807, 2.05) is 0 Å². The summed E-state index contributed by atoms with van der Waals surface area (Å²) in [6.07, 6.45) is 3.74. The van der Waals surface area contributed by atoms with Crippen molar-refractivity contribution in [2.45, 2.75) is 51.2 Å². The molecule has 1 aliphatic rings. The van der Waals surface area contributed by atoms with Crippen molar-refractivity contribution in [2.75, 3.05) is 0 Å². The maximum Gasteiger partial charge on any atom is 0.360 e. The van der Waals surface area contributed by atoms with Gasteiger partial charge in [-0.15, -0.1) is 0 Å². The van der Waals surface area contributed by atoms with Gasteiger partial charge in [-0.05, 0) is 30.8 Å². The van der Waals surface area contributed by atoms with E-state index >= 15 is 0 Å². The lowest BCUT2D eigenvalue weighted by molar-refractivity contribution is -0.130. The molecule has 0 saturated heterocycles. The summed E-state index contributed by atoms with van der Waals surface area (Å²) < 4.78 is 9.27. The fourth-order valence-corrected chi connectivity index (χ4v) is 3.24. The molecule has 21 heavy (non-hydrogen) atoms. The third-order valence-electron chi connectivity index (χ3n) is 3.40. The first kappa shape index (κ1) is 16.5. The highest BCUT2D eigenvalue weighted by atomic mass is 35.5. The Bertz CT molecular complexity index is 529. The zero-order valence-electron chi connectivity index (χ0n) is 11.5. The molecule has 1 saturated carbocycles. The van der Waals surface area contributed by atoms with Gasteiger partial charge in [-0.2, -0.15) is 4.37 Å². The quantitative estimate of drug-likeness (QED) is 0.825.